The number of anilines is 1. The Balaban J connectivity index is 1.59. The van der Waals surface area contributed by atoms with Gasteiger partial charge in [-0.05, 0) is 53.8 Å². The summed E-state index contributed by atoms with van der Waals surface area (Å²) in [7, 11) is 0. The van der Waals surface area contributed by atoms with Crippen LogP contribution in [0.25, 0.3) is 11.3 Å². The Kier molecular flexibility index (Phi) is 7.34. The third kappa shape index (κ3) is 5.23. The van der Waals surface area contributed by atoms with Crippen molar-refractivity contribution in [2.24, 2.45) is 5.73 Å². The molecule has 3 heterocycles. The molecule has 2 aliphatic heterocycles. The highest BCUT2D eigenvalue weighted by Crippen LogP contribution is 2.36. The SMILES string of the molecule is C=C1c2c(CC)cc(C(=CN)c3ccc(N4CCB(C#N)C(C)C4)cn3)cc2CCN1CC(F)(F)F. The van der Waals surface area contributed by atoms with Gasteiger partial charge in [-0.1, -0.05) is 32.6 Å². The summed E-state index contributed by atoms with van der Waals surface area (Å²) in [4.78, 5) is 8.27. The maximum Gasteiger partial charge on any atom is 0.405 e. The zero-order chi connectivity index (χ0) is 26.0. The number of benzene rings is 1. The van der Waals surface area contributed by atoms with E-state index in [9.17, 15) is 18.4 Å². The molecule has 0 radical (unpaired) electrons. The highest BCUT2D eigenvalue weighted by Gasteiger charge is 2.34. The average molecular weight is 493 g/mol. The highest BCUT2D eigenvalue weighted by atomic mass is 19.4. The van der Waals surface area contributed by atoms with Crippen molar-refractivity contribution in [3.63, 3.8) is 0 Å². The summed E-state index contributed by atoms with van der Waals surface area (Å²) in [6.07, 6.45) is 1.12. The molecule has 1 saturated heterocycles. The Labute approximate surface area is 211 Å². The number of pyridine rings is 1. The monoisotopic (exact) mass is 493 g/mol. The molecule has 0 amide bonds. The van der Waals surface area contributed by atoms with Crippen LogP contribution >= 0.6 is 0 Å². The smallest absolute Gasteiger partial charge is 0.404 e. The van der Waals surface area contributed by atoms with E-state index < -0.39 is 12.7 Å². The summed E-state index contributed by atoms with van der Waals surface area (Å²) >= 11 is 0. The third-order valence-electron chi connectivity index (χ3n) is 7.31. The van der Waals surface area contributed by atoms with E-state index in [2.05, 4.69) is 24.4 Å². The molecule has 1 fully saturated rings. The lowest BCUT2D eigenvalue weighted by Crippen LogP contribution is -2.40. The Bertz CT molecular complexity index is 1180. The summed E-state index contributed by atoms with van der Waals surface area (Å²) in [5.74, 6) is 2.70. The van der Waals surface area contributed by atoms with Gasteiger partial charge in [0.15, 0.2) is 0 Å². The first-order valence-corrected chi connectivity index (χ1v) is 12.3. The van der Waals surface area contributed by atoms with E-state index in [4.69, 9.17) is 10.7 Å². The van der Waals surface area contributed by atoms with Crippen LogP contribution in [0.1, 0.15) is 41.8 Å². The Morgan fingerprint density at radius 3 is 2.69 bits per heavy atom. The number of nitrogens with zero attached hydrogens (tertiary/aromatic N) is 4. The summed E-state index contributed by atoms with van der Waals surface area (Å²) in [6, 6.07) is 7.97. The molecule has 1 atom stereocenters. The number of fused-ring (bicyclic) bond motifs is 1. The second kappa shape index (κ2) is 10.3. The summed E-state index contributed by atoms with van der Waals surface area (Å²) in [5, 5.41) is 9.28. The molecule has 4 rings (SSSR count). The van der Waals surface area contributed by atoms with E-state index in [1.54, 1.807) is 0 Å². The normalized spacial score (nSPS) is 18.8. The first-order chi connectivity index (χ1) is 17.1. The predicted molar refractivity (Wildman–Crippen MR) is 140 cm³/mol. The van der Waals surface area contributed by atoms with Gasteiger partial charge in [-0.15, -0.1) is 0 Å². The fourth-order valence-corrected chi connectivity index (χ4v) is 5.34. The minimum absolute atomic E-state index is 0.0913. The van der Waals surface area contributed by atoms with Crippen molar-refractivity contribution in [2.75, 3.05) is 31.1 Å². The van der Waals surface area contributed by atoms with Crippen molar-refractivity contribution in [3.8, 4) is 5.97 Å². The van der Waals surface area contributed by atoms with Gasteiger partial charge in [-0.25, -0.2) is 5.26 Å². The van der Waals surface area contributed by atoms with Gasteiger partial charge in [-0.3, -0.25) is 4.98 Å². The van der Waals surface area contributed by atoms with Gasteiger partial charge in [0.2, 0.25) is 0 Å². The first-order valence-electron chi connectivity index (χ1n) is 12.3. The molecule has 2 aromatic rings. The lowest BCUT2D eigenvalue weighted by atomic mass is 9.39. The van der Waals surface area contributed by atoms with E-state index in [1.165, 1.54) is 11.1 Å². The van der Waals surface area contributed by atoms with Crippen LogP contribution in [0.3, 0.4) is 0 Å². The number of hydrogen-bond donors (Lipinski definition) is 1. The average Bonchev–Trinajstić information content (AvgIpc) is 2.85. The highest BCUT2D eigenvalue weighted by molar-refractivity contribution is 6.68. The summed E-state index contributed by atoms with van der Waals surface area (Å²) in [5.41, 5.74) is 12.6. The minimum Gasteiger partial charge on any atom is -0.404 e. The number of aryl methyl sites for hydroxylation is 1. The Morgan fingerprint density at radius 2 is 2.11 bits per heavy atom. The number of halogens is 3. The zero-order valence-electron chi connectivity index (χ0n) is 20.8. The van der Waals surface area contributed by atoms with Crippen LogP contribution in [0.15, 0.2) is 43.2 Å². The fraction of sp³-hybridized carbons (Fsp3) is 0.407. The number of hydrogen-bond acceptors (Lipinski definition) is 5. The number of aromatic nitrogens is 1. The quantitative estimate of drug-likeness (QED) is 0.584. The van der Waals surface area contributed by atoms with Crippen LogP contribution < -0.4 is 10.6 Å². The number of alkyl halides is 3. The topological polar surface area (TPSA) is 69.2 Å². The first kappa shape index (κ1) is 25.7. The number of nitriles is 1. The van der Waals surface area contributed by atoms with E-state index in [-0.39, 0.29) is 13.3 Å². The molecule has 0 bridgehead atoms. The molecular formula is C27H31BF3N5. The summed E-state index contributed by atoms with van der Waals surface area (Å²) in [6.45, 7) is 9.11. The molecule has 36 heavy (non-hydrogen) atoms. The van der Waals surface area contributed by atoms with Gasteiger partial charge in [0.25, 0.3) is 6.71 Å². The largest absolute Gasteiger partial charge is 0.405 e. The van der Waals surface area contributed by atoms with Gasteiger partial charge in [0, 0.05) is 48.6 Å². The molecular weight excluding hydrogens is 462 g/mol. The second-order valence-electron chi connectivity index (χ2n) is 9.69. The predicted octanol–water partition coefficient (Wildman–Crippen LogP) is 5.15. The molecule has 1 aromatic carbocycles. The lowest BCUT2D eigenvalue weighted by Gasteiger charge is -2.35. The fourth-order valence-electron chi connectivity index (χ4n) is 5.34. The van der Waals surface area contributed by atoms with Crippen LogP contribution in [-0.4, -0.2) is 49.0 Å². The minimum atomic E-state index is -4.27. The van der Waals surface area contributed by atoms with Crippen molar-refractivity contribution in [1.29, 1.82) is 5.26 Å². The molecule has 2 aliphatic rings. The van der Waals surface area contributed by atoms with Gasteiger partial charge in [0.05, 0.1) is 17.6 Å². The molecule has 1 aromatic heterocycles. The van der Waals surface area contributed by atoms with Crippen LogP contribution in [0.5, 0.6) is 0 Å². The van der Waals surface area contributed by atoms with Gasteiger partial charge in [-0.2, -0.15) is 13.2 Å². The maximum atomic E-state index is 13.0. The summed E-state index contributed by atoms with van der Waals surface area (Å²) < 4.78 is 39.1. The molecule has 1 unspecified atom stereocenters. The van der Waals surface area contributed by atoms with Crippen LogP contribution in [-0.2, 0) is 12.8 Å². The van der Waals surface area contributed by atoms with Gasteiger partial charge >= 0.3 is 6.18 Å². The standard InChI is InChI=1S/C27H31BF3N5/c1-4-20-11-22(12-21-7-9-36(16-27(29,30)31)19(3)26(20)21)24(13-32)25-6-5-23(14-34-25)35-10-8-28(17-33)18(2)15-35/h5-6,11-14,18H,3-4,7-10,15-16,32H2,1-2H3. The number of rotatable bonds is 5. The zero-order valence-corrected chi connectivity index (χ0v) is 20.8. The van der Waals surface area contributed by atoms with E-state index >= 15 is 0 Å². The lowest BCUT2D eigenvalue weighted by molar-refractivity contribution is -0.139. The van der Waals surface area contributed by atoms with Crippen molar-refractivity contribution >= 4 is 23.7 Å². The second-order valence-corrected chi connectivity index (χ2v) is 9.69. The van der Waals surface area contributed by atoms with Crippen LogP contribution in [0.2, 0.25) is 12.1 Å². The Morgan fingerprint density at radius 1 is 1.33 bits per heavy atom. The number of nitrogens with two attached hydrogens (primary N) is 1. The Hall–Kier alpha value is -3.41. The van der Waals surface area contributed by atoms with Crippen LogP contribution in [0.4, 0.5) is 18.9 Å². The van der Waals surface area contributed by atoms with Gasteiger partial charge < -0.3 is 15.5 Å². The van der Waals surface area contributed by atoms with E-state index in [0.29, 0.717) is 24.4 Å². The van der Waals surface area contributed by atoms with Crippen molar-refractivity contribution in [1.82, 2.24) is 9.88 Å². The van der Waals surface area contributed by atoms with Crippen molar-refractivity contribution in [2.45, 2.75) is 45.0 Å². The molecule has 5 nitrogen and oxygen atoms in total. The molecule has 2 N–H and O–H groups in total. The maximum absolute atomic E-state index is 13.0. The van der Waals surface area contributed by atoms with Crippen LogP contribution in [0, 0.1) is 11.2 Å². The van der Waals surface area contributed by atoms with E-state index in [1.807, 2.05) is 37.4 Å². The molecule has 0 spiro atoms. The molecule has 0 saturated carbocycles. The van der Waals surface area contributed by atoms with Crippen molar-refractivity contribution in [3.05, 3.63) is 71.2 Å². The van der Waals surface area contributed by atoms with E-state index in [0.717, 1.165) is 58.6 Å². The third-order valence-corrected chi connectivity index (χ3v) is 7.31. The molecule has 188 valence electrons. The molecule has 9 heteroatoms. The van der Waals surface area contributed by atoms with Crippen molar-refractivity contribution < 1.29 is 13.2 Å². The molecule has 0 aliphatic carbocycles. The van der Waals surface area contributed by atoms with Gasteiger partial charge in [0.1, 0.15) is 6.54 Å².